The van der Waals surface area contributed by atoms with Crippen molar-refractivity contribution >= 4 is 0 Å². The van der Waals surface area contributed by atoms with Crippen molar-refractivity contribution in [2.24, 2.45) is 5.92 Å². The molecule has 0 aliphatic rings. The molecule has 0 aliphatic carbocycles. The molecular weight excluding hydrogens is 194 g/mol. The number of hydrogen-bond acceptors (Lipinski definition) is 1. The van der Waals surface area contributed by atoms with E-state index in [1.54, 1.807) is 0 Å². The molecule has 16 heavy (non-hydrogen) atoms. The second-order valence-corrected chi connectivity index (χ2v) is 4.61. The van der Waals surface area contributed by atoms with Gasteiger partial charge in [-0.15, -0.1) is 0 Å². The van der Waals surface area contributed by atoms with Crippen LogP contribution in [0.25, 0.3) is 0 Å². The predicted octanol–water partition coefficient (Wildman–Crippen LogP) is 4.16. The highest BCUT2D eigenvalue weighted by atomic mass is 14.9. The van der Waals surface area contributed by atoms with Crippen LogP contribution in [0.4, 0.5) is 0 Å². The van der Waals surface area contributed by atoms with Crippen molar-refractivity contribution in [3.63, 3.8) is 0 Å². The summed E-state index contributed by atoms with van der Waals surface area (Å²) in [5.74, 6) is 0.838. The first-order valence-electron chi connectivity index (χ1n) is 6.56. The molecule has 1 N–H and O–H groups in total. The minimum atomic E-state index is 0.528. The molecule has 2 atom stereocenters. The molecule has 0 radical (unpaired) electrons. The summed E-state index contributed by atoms with van der Waals surface area (Å²) in [5.41, 5.74) is 1.42. The van der Waals surface area contributed by atoms with Crippen LogP contribution in [-0.2, 0) is 0 Å². The Morgan fingerprint density at radius 2 is 1.75 bits per heavy atom. The van der Waals surface area contributed by atoms with Crippen LogP contribution in [-0.4, -0.2) is 6.54 Å². The van der Waals surface area contributed by atoms with E-state index >= 15 is 0 Å². The third-order valence-corrected chi connectivity index (χ3v) is 3.30. The quantitative estimate of drug-likeness (QED) is 0.726. The Morgan fingerprint density at radius 3 is 2.31 bits per heavy atom. The maximum atomic E-state index is 3.58. The molecule has 90 valence electrons. The summed E-state index contributed by atoms with van der Waals surface area (Å²) in [6, 6.07) is 11.3. The van der Waals surface area contributed by atoms with Gasteiger partial charge in [0.15, 0.2) is 0 Å². The summed E-state index contributed by atoms with van der Waals surface area (Å²) in [7, 11) is 0. The van der Waals surface area contributed by atoms with Gasteiger partial charge in [0.2, 0.25) is 0 Å². The molecule has 0 aliphatic heterocycles. The van der Waals surface area contributed by atoms with Gasteiger partial charge in [-0.3, -0.25) is 0 Å². The Balaban J connectivity index is 2.54. The van der Waals surface area contributed by atoms with E-state index in [-0.39, 0.29) is 0 Å². The lowest BCUT2D eigenvalue weighted by Gasteiger charge is -2.20. The molecule has 1 rings (SSSR count). The lowest BCUT2D eigenvalue weighted by molar-refractivity contribution is 0.423. The van der Waals surface area contributed by atoms with Gasteiger partial charge in [0, 0.05) is 6.04 Å². The number of nitrogens with one attached hydrogen (secondary N) is 1. The molecule has 0 spiro atoms. The van der Waals surface area contributed by atoms with Crippen molar-refractivity contribution in [3.05, 3.63) is 35.9 Å². The molecule has 1 heteroatoms. The first-order valence-corrected chi connectivity index (χ1v) is 6.56. The van der Waals surface area contributed by atoms with Gasteiger partial charge in [0.05, 0.1) is 0 Å². The van der Waals surface area contributed by atoms with Gasteiger partial charge in [-0.1, -0.05) is 57.5 Å². The monoisotopic (exact) mass is 219 g/mol. The van der Waals surface area contributed by atoms with E-state index in [1.807, 2.05) is 0 Å². The average molecular weight is 219 g/mol. The van der Waals surface area contributed by atoms with E-state index in [0.717, 1.165) is 12.5 Å². The lowest BCUT2D eigenvalue weighted by Crippen LogP contribution is -2.21. The Labute approximate surface area is 100 Å². The van der Waals surface area contributed by atoms with Gasteiger partial charge in [0.25, 0.3) is 0 Å². The van der Waals surface area contributed by atoms with Gasteiger partial charge in [-0.2, -0.15) is 0 Å². The minimum Gasteiger partial charge on any atom is -0.310 e. The highest BCUT2D eigenvalue weighted by Gasteiger charge is 2.10. The SMILES string of the molecule is CCNC(CCC(C)CC)c1ccccc1. The van der Waals surface area contributed by atoms with Gasteiger partial charge in [0.1, 0.15) is 0 Å². The Bertz CT molecular complexity index is 268. The molecule has 0 amide bonds. The fourth-order valence-electron chi connectivity index (χ4n) is 1.97. The van der Waals surface area contributed by atoms with Crippen molar-refractivity contribution in [2.75, 3.05) is 6.54 Å². The average Bonchev–Trinajstić information content (AvgIpc) is 2.35. The van der Waals surface area contributed by atoms with Crippen LogP contribution in [0.3, 0.4) is 0 Å². The van der Waals surface area contributed by atoms with E-state index in [2.05, 4.69) is 56.4 Å². The lowest BCUT2D eigenvalue weighted by atomic mass is 9.95. The van der Waals surface area contributed by atoms with Crippen LogP contribution in [0.15, 0.2) is 30.3 Å². The third kappa shape index (κ3) is 4.36. The fraction of sp³-hybridized carbons (Fsp3) is 0.600. The molecular formula is C15H25N. The third-order valence-electron chi connectivity index (χ3n) is 3.30. The van der Waals surface area contributed by atoms with Crippen LogP contribution in [0.5, 0.6) is 0 Å². The van der Waals surface area contributed by atoms with Crippen LogP contribution in [0.1, 0.15) is 51.6 Å². The molecule has 1 nitrogen and oxygen atoms in total. The summed E-state index contributed by atoms with van der Waals surface area (Å²) >= 11 is 0. The van der Waals surface area contributed by atoms with Crippen molar-refractivity contribution < 1.29 is 0 Å². The zero-order valence-electron chi connectivity index (χ0n) is 10.9. The highest BCUT2D eigenvalue weighted by molar-refractivity contribution is 5.18. The minimum absolute atomic E-state index is 0.528. The van der Waals surface area contributed by atoms with Crippen LogP contribution in [0, 0.1) is 5.92 Å². The van der Waals surface area contributed by atoms with E-state index < -0.39 is 0 Å². The summed E-state index contributed by atoms with van der Waals surface area (Å²) in [6.07, 6.45) is 3.84. The number of hydrogen-bond donors (Lipinski definition) is 1. The van der Waals surface area contributed by atoms with Gasteiger partial charge in [-0.05, 0) is 30.9 Å². The molecule has 0 saturated heterocycles. The van der Waals surface area contributed by atoms with Crippen molar-refractivity contribution in [1.82, 2.24) is 5.32 Å². The fourth-order valence-corrected chi connectivity index (χ4v) is 1.97. The summed E-state index contributed by atoms with van der Waals surface area (Å²) in [5, 5.41) is 3.58. The van der Waals surface area contributed by atoms with E-state index in [4.69, 9.17) is 0 Å². The van der Waals surface area contributed by atoms with Crippen LogP contribution in [0.2, 0.25) is 0 Å². The maximum Gasteiger partial charge on any atom is 0.0320 e. The maximum absolute atomic E-state index is 3.58. The molecule has 1 aromatic carbocycles. The Hall–Kier alpha value is -0.820. The predicted molar refractivity (Wildman–Crippen MR) is 71.5 cm³/mol. The second kappa shape index (κ2) is 7.45. The van der Waals surface area contributed by atoms with Crippen molar-refractivity contribution in [3.8, 4) is 0 Å². The number of rotatable bonds is 7. The molecule has 1 aromatic rings. The standard InChI is InChI=1S/C15H25N/c1-4-13(3)11-12-15(16-5-2)14-9-7-6-8-10-14/h6-10,13,15-16H,4-5,11-12H2,1-3H3. The van der Waals surface area contributed by atoms with E-state index in [9.17, 15) is 0 Å². The Morgan fingerprint density at radius 1 is 1.06 bits per heavy atom. The van der Waals surface area contributed by atoms with E-state index in [0.29, 0.717) is 6.04 Å². The van der Waals surface area contributed by atoms with Crippen molar-refractivity contribution in [2.45, 2.75) is 46.1 Å². The summed E-state index contributed by atoms with van der Waals surface area (Å²) in [4.78, 5) is 0. The number of benzene rings is 1. The van der Waals surface area contributed by atoms with Crippen LogP contribution >= 0.6 is 0 Å². The molecule has 0 aromatic heterocycles. The topological polar surface area (TPSA) is 12.0 Å². The molecule has 0 fully saturated rings. The molecule has 0 saturated carbocycles. The largest absolute Gasteiger partial charge is 0.310 e. The van der Waals surface area contributed by atoms with Gasteiger partial charge < -0.3 is 5.32 Å². The Kier molecular flexibility index (Phi) is 6.17. The molecule has 2 unspecified atom stereocenters. The molecule has 0 heterocycles. The van der Waals surface area contributed by atoms with Crippen LogP contribution < -0.4 is 5.32 Å². The zero-order valence-corrected chi connectivity index (χ0v) is 10.9. The summed E-state index contributed by atoms with van der Waals surface area (Å²) < 4.78 is 0. The first kappa shape index (κ1) is 13.2. The second-order valence-electron chi connectivity index (χ2n) is 4.61. The van der Waals surface area contributed by atoms with Gasteiger partial charge >= 0.3 is 0 Å². The highest BCUT2D eigenvalue weighted by Crippen LogP contribution is 2.21. The normalized spacial score (nSPS) is 14.7. The molecule has 0 bridgehead atoms. The van der Waals surface area contributed by atoms with E-state index in [1.165, 1.54) is 24.8 Å². The first-order chi connectivity index (χ1) is 7.77. The van der Waals surface area contributed by atoms with Gasteiger partial charge in [-0.25, -0.2) is 0 Å². The van der Waals surface area contributed by atoms with Crippen molar-refractivity contribution in [1.29, 1.82) is 0 Å². The smallest absolute Gasteiger partial charge is 0.0320 e. The zero-order chi connectivity index (χ0) is 11.8. The summed E-state index contributed by atoms with van der Waals surface area (Å²) in [6.45, 7) is 7.84.